The molecule has 1 N–H and O–H groups in total. The molecule has 1 aliphatic carbocycles. The summed E-state index contributed by atoms with van der Waals surface area (Å²) in [5.74, 6) is -0.977. The van der Waals surface area contributed by atoms with Crippen LogP contribution in [-0.4, -0.2) is 28.9 Å². The molecule has 0 aliphatic heterocycles. The van der Waals surface area contributed by atoms with Crippen molar-refractivity contribution < 1.29 is 19.2 Å². The van der Waals surface area contributed by atoms with Crippen LogP contribution in [0.1, 0.15) is 38.2 Å². The highest BCUT2D eigenvalue weighted by Crippen LogP contribution is 2.18. The molecular weight excluding hydrogens is 312 g/mol. The first-order chi connectivity index (χ1) is 11.5. The van der Waals surface area contributed by atoms with Gasteiger partial charge in [0.2, 0.25) is 0 Å². The number of esters is 1. The molecule has 1 fully saturated rings. The van der Waals surface area contributed by atoms with E-state index >= 15 is 0 Å². The third-order valence-corrected chi connectivity index (χ3v) is 3.86. The first-order valence-corrected chi connectivity index (χ1v) is 7.89. The topological polar surface area (TPSA) is 98.5 Å². The Balaban J connectivity index is 1.86. The number of carbonyl (C=O) groups is 2. The molecule has 24 heavy (non-hydrogen) atoms. The Hall–Kier alpha value is -2.70. The first kappa shape index (κ1) is 17.7. The summed E-state index contributed by atoms with van der Waals surface area (Å²) >= 11 is 0. The standard InChI is InChI=1S/C17H20N2O5/c1-12(17(21)18-14-6-2-3-7-14)24-16(20)10-9-13-5-4-8-15(11-13)19(22)23/h4-5,8-12,14H,2-3,6-7H2,1H3,(H,18,21)/b10-9+/t12-/m0/s1. The van der Waals surface area contributed by atoms with E-state index in [1.165, 1.54) is 31.2 Å². The molecule has 0 radical (unpaired) electrons. The van der Waals surface area contributed by atoms with Crippen LogP contribution in [0.5, 0.6) is 0 Å². The van der Waals surface area contributed by atoms with Gasteiger partial charge in [0.25, 0.3) is 11.6 Å². The molecule has 1 amide bonds. The molecule has 0 aromatic heterocycles. The lowest BCUT2D eigenvalue weighted by atomic mass is 10.2. The fraction of sp³-hybridized carbons (Fsp3) is 0.412. The number of nitrogens with one attached hydrogen (secondary N) is 1. The van der Waals surface area contributed by atoms with Gasteiger partial charge in [-0.15, -0.1) is 0 Å². The molecule has 1 atom stereocenters. The van der Waals surface area contributed by atoms with E-state index in [-0.39, 0.29) is 17.6 Å². The summed E-state index contributed by atoms with van der Waals surface area (Å²) in [5.41, 5.74) is 0.444. The highest BCUT2D eigenvalue weighted by atomic mass is 16.6. The molecule has 0 heterocycles. The molecule has 0 spiro atoms. The van der Waals surface area contributed by atoms with Gasteiger partial charge >= 0.3 is 5.97 Å². The number of nitrogens with zero attached hydrogens (tertiary/aromatic N) is 1. The summed E-state index contributed by atoms with van der Waals surface area (Å²) in [6.45, 7) is 1.52. The minimum atomic E-state index is -0.882. The fourth-order valence-electron chi connectivity index (χ4n) is 2.56. The van der Waals surface area contributed by atoms with E-state index in [9.17, 15) is 19.7 Å². The predicted molar refractivity (Wildman–Crippen MR) is 88.1 cm³/mol. The number of amides is 1. The molecule has 1 aromatic rings. The molecule has 2 rings (SSSR count). The maximum Gasteiger partial charge on any atom is 0.331 e. The summed E-state index contributed by atoms with van der Waals surface area (Å²) in [6, 6.07) is 6.04. The van der Waals surface area contributed by atoms with Gasteiger partial charge in [-0.05, 0) is 31.4 Å². The van der Waals surface area contributed by atoms with Gasteiger partial charge < -0.3 is 10.1 Å². The van der Waals surface area contributed by atoms with Gasteiger partial charge in [-0.1, -0.05) is 25.0 Å². The summed E-state index contributed by atoms with van der Waals surface area (Å²) < 4.78 is 5.05. The SMILES string of the molecule is C[C@H](OC(=O)/C=C/c1cccc([N+](=O)[O-])c1)C(=O)NC1CCCC1. The highest BCUT2D eigenvalue weighted by molar-refractivity contribution is 5.90. The van der Waals surface area contributed by atoms with Gasteiger partial charge in [0.05, 0.1) is 4.92 Å². The fourth-order valence-corrected chi connectivity index (χ4v) is 2.56. The van der Waals surface area contributed by atoms with Crippen molar-refractivity contribution in [2.24, 2.45) is 0 Å². The van der Waals surface area contributed by atoms with E-state index in [0.717, 1.165) is 31.8 Å². The van der Waals surface area contributed by atoms with Crippen LogP contribution in [0.2, 0.25) is 0 Å². The van der Waals surface area contributed by atoms with Crippen molar-refractivity contribution in [2.45, 2.75) is 44.8 Å². The van der Waals surface area contributed by atoms with Gasteiger partial charge in [-0.2, -0.15) is 0 Å². The minimum Gasteiger partial charge on any atom is -0.449 e. The Bertz CT molecular complexity index is 650. The second kappa shape index (κ2) is 8.24. The second-order valence-corrected chi connectivity index (χ2v) is 5.75. The van der Waals surface area contributed by atoms with Crippen molar-refractivity contribution in [3.05, 3.63) is 46.0 Å². The number of nitro benzene ring substituents is 1. The van der Waals surface area contributed by atoms with E-state index in [0.29, 0.717) is 5.56 Å². The lowest BCUT2D eigenvalue weighted by molar-refractivity contribution is -0.384. The van der Waals surface area contributed by atoms with Crippen molar-refractivity contribution in [1.29, 1.82) is 0 Å². The largest absolute Gasteiger partial charge is 0.449 e. The molecule has 0 unspecified atom stereocenters. The zero-order valence-corrected chi connectivity index (χ0v) is 13.4. The maximum absolute atomic E-state index is 11.9. The third kappa shape index (κ3) is 5.19. The summed E-state index contributed by atoms with van der Waals surface area (Å²) in [5, 5.41) is 13.6. The molecule has 1 aromatic carbocycles. The van der Waals surface area contributed by atoms with Crippen molar-refractivity contribution in [3.8, 4) is 0 Å². The number of non-ortho nitro benzene ring substituents is 1. The van der Waals surface area contributed by atoms with E-state index in [2.05, 4.69) is 5.32 Å². The van der Waals surface area contributed by atoms with Crippen molar-refractivity contribution >= 4 is 23.6 Å². The van der Waals surface area contributed by atoms with Crippen molar-refractivity contribution in [2.75, 3.05) is 0 Å². The Morgan fingerprint density at radius 2 is 2.08 bits per heavy atom. The Kier molecular flexibility index (Phi) is 6.06. The first-order valence-electron chi connectivity index (χ1n) is 7.89. The van der Waals surface area contributed by atoms with Gasteiger partial charge in [-0.3, -0.25) is 14.9 Å². The Morgan fingerprint density at radius 1 is 1.38 bits per heavy atom. The van der Waals surface area contributed by atoms with Crippen molar-refractivity contribution in [3.63, 3.8) is 0 Å². The van der Waals surface area contributed by atoms with Crippen LogP contribution < -0.4 is 5.32 Å². The Morgan fingerprint density at radius 3 is 2.75 bits per heavy atom. The monoisotopic (exact) mass is 332 g/mol. The van der Waals surface area contributed by atoms with E-state index in [1.54, 1.807) is 6.07 Å². The molecule has 7 nitrogen and oxygen atoms in total. The van der Waals surface area contributed by atoms with Gasteiger partial charge in [0.1, 0.15) is 0 Å². The van der Waals surface area contributed by atoms with Crippen molar-refractivity contribution in [1.82, 2.24) is 5.32 Å². The van der Waals surface area contributed by atoms with Crippen LogP contribution >= 0.6 is 0 Å². The van der Waals surface area contributed by atoms with E-state index < -0.39 is 17.0 Å². The van der Waals surface area contributed by atoms with Gasteiger partial charge in [-0.25, -0.2) is 4.79 Å². The summed E-state index contributed by atoms with van der Waals surface area (Å²) in [6.07, 6.45) is 5.80. The number of nitro groups is 1. The number of benzene rings is 1. The molecule has 128 valence electrons. The molecule has 7 heteroatoms. The quantitative estimate of drug-likeness (QED) is 0.374. The average Bonchev–Trinajstić information content (AvgIpc) is 3.06. The molecule has 0 bridgehead atoms. The van der Waals surface area contributed by atoms with E-state index in [1.807, 2.05) is 0 Å². The number of hydrogen-bond acceptors (Lipinski definition) is 5. The summed E-state index contributed by atoms with van der Waals surface area (Å²) in [7, 11) is 0. The lowest BCUT2D eigenvalue weighted by Crippen LogP contribution is -2.40. The Labute approximate surface area is 139 Å². The second-order valence-electron chi connectivity index (χ2n) is 5.75. The normalized spacial score (nSPS) is 16.0. The zero-order chi connectivity index (χ0) is 17.5. The zero-order valence-electron chi connectivity index (χ0n) is 13.4. The average molecular weight is 332 g/mol. The van der Waals surface area contributed by atoms with Gasteiger partial charge in [0, 0.05) is 24.3 Å². The minimum absolute atomic E-state index is 0.0603. The highest BCUT2D eigenvalue weighted by Gasteiger charge is 2.22. The molecule has 0 saturated heterocycles. The number of rotatable bonds is 6. The van der Waals surface area contributed by atoms with Crippen LogP contribution in [-0.2, 0) is 14.3 Å². The van der Waals surface area contributed by atoms with Crippen LogP contribution in [0.3, 0.4) is 0 Å². The summed E-state index contributed by atoms with van der Waals surface area (Å²) in [4.78, 5) is 33.9. The number of ether oxygens (including phenoxy) is 1. The third-order valence-electron chi connectivity index (χ3n) is 3.86. The van der Waals surface area contributed by atoms with Crippen LogP contribution in [0.25, 0.3) is 6.08 Å². The van der Waals surface area contributed by atoms with E-state index in [4.69, 9.17) is 4.74 Å². The lowest BCUT2D eigenvalue weighted by Gasteiger charge is -2.16. The molecule has 1 aliphatic rings. The number of hydrogen-bond donors (Lipinski definition) is 1. The number of carbonyl (C=O) groups excluding carboxylic acids is 2. The molecule has 1 saturated carbocycles. The molecular formula is C17H20N2O5. The predicted octanol–water partition coefficient (Wildman–Crippen LogP) is 2.60. The van der Waals surface area contributed by atoms with Crippen LogP contribution in [0.4, 0.5) is 5.69 Å². The van der Waals surface area contributed by atoms with Gasteiger partial charge in [0.15, 0.2) is 6.10 Å². The van der Waals surface area contributed by atoms with Crippen LogP contribution in [0, 0.1) is 10.1 Å². The smallest absolute Gasteiger partial charge is 0.331 e. The maximum atomic E-state index is 11.9. The van der Waals surface area contributed by atoms with Crippen LogP contribution in [0.15, 0.2) is 30.3 Å².